The molecule has 76 valence electrons. The molecule has 1 aliphatic rings. The van der Waals surface area contributed by atoms with E-state index < -0.39 is 0 Å². The molecular weight excluding hydrogens is 178 g/mol. The molecule has 1 saturated carbocycles. The molecule has 2 N–H and O–H groups in total. The van der Waals surface area contributed by atoms with Crippen LogP contribution in [0, 0.1) is 5.92 Å². The van der Waals surface area contributed by atoms with Crippen LogP contribution < -0.4 is 10.5 Å². The molecule has 0 unspecified atom stereocenters. The molecule has 0 radical (unpaired) electrons. The van der Waals surface area contributed by atoms with Crippen LogP contribution in [-0.2, 0) is 6.54 Å². The average Bonchev–Trinajstić information content (AvgIpc) is 3.03. The normalized spacial score (nSPS) is 15.5. The molecule has 1 aromatic heterocycles. The van der Waals surface area contributed by atoms with Gasteiger partial charge >= 0.3 is 0 Å². The van der Waals surface area contributed by atoms with Gasteiger partial charge in [-0.2, -0.15) is 5.10 Å². The summed E-state index contributed by atoms with van der Waals surface area (Å²) in [6.45, 7) is 1.18. The number of nitrogens with two attached hydrogens (primary N) is 1. The van der Waals surface area contributed by atoms with E-state index in [1.54, 1.807) is 0 Å². The zero-order chi connectivity index (χ0) is 9.80. The highest BCUT2D eigenvalue weighted by Gasteiger charge is 2.20. The zero-order valence-electron chi connectivity index (χ0n) is 8.15. The summed E-state index contributed by atoms with van der Waals surface area (Å²) in [5.41, 5.74) is 6.20. The molecule has 1 aliphatic carbocycles. The van der Waals surface area contributed by atoms with Gasteiger partial charge in [0.25, 0.3) is 0 Å². The predicted molar refractivity (Wildman–Crippen MR) is 52.8 cm³/mol. The molecule has 0 amide bonds. The second-order valence-electron chi connectivity index (χ2n) is 3.65. The zero-order valence-corrected chi connectivity index (χ0v) is 8.15. The molecule has 0 saturated heterocycles. The van der Waals surface area contributed by atoms with Gasteiger partial charge in [-0.25, -0.2) is 0 Å². The van der Waals surface area contributed by atoms with Crippen LogP contribution in [0.15, 0.2) is 12.1 Å². The minimum Gasteiger partial charge on any atom is -0.477 e. The van der Waals surface area contributed by atoms with Crippen molar-refractivity contribution in [1.82, 2.24) is 10.2 Å². The summed E-state index contributed by atoms with van der Waals surface area (Å²) in [4.78, 5) is 0. The lowest BCUT2D eigenvalue weighted by Gasteiger charge is -2.03. The van der Waals surface area contributed by atoms with Crippen molar-refractivity contribution in [2.45, 2.75) is 25.8 Å². The van der Waals surface area contributed by atoms with Crippen molar-refractivity contribution in [2.75, 3.05) is 6.61 Å². The minimum atomic E-state index is 0.426. The maximum absolute atomic E-state index is 5.44. The molecule has 2 rings (SSSR count). The summed E-state index contributed by atoms with van der Waals surface area (Å²) < 4.78 is 5.44. The minimum absolute atomic E-state index is 0.426. The van der Waals surface area contributed by atoms with E-state index in [4.69, 9.17) is 10.5 Å². The van der Waals surface area contributed by atoms with Crippen molar-refractivity contribution in [3.63, 3.8) is 0 Å². The van der Waals surface area contributed by atoms with Crippen molar-refractivity contribution in [3.8, 4) is 5.88 Å². The summed E-state index contributed by atoms with van der Waals surface area (Å²) in [6.07, 6.45) is 3.86. The van der Waals surface area contributed by atoms with E-state index in [-0.39, 0.29) is 0 Å². The van der Waals surface area contributed by atoms with Gasteiger partial charge in [-0.3, -0.25) is 0 Å². The van der Waals surface area contributed by atoms with Crippen molar-refractivity contribution in [3.05, 3.63) is 17.8 Å². The Morgan fingerprint density at radius 3 is 2.79 bits per heavy atom. The van der Waals surface area contributed by atoms with Gasteiger partial charge < -0.3 is 10.5 Å². The lowest BCUT2D eigenvalue weighted by atomic mass is 10.3. The first-order chi connectivity index (χ1) is 6.88. The fraction of sp³-hybridized carbons (Fsp3) is 0.600. The summed E-state index contributed by atoms with van der Waals surface area (Å²) in [6, 6.07) is 3.67. The van der Waals surface area contributed by atoms with Gasteiger partial charge in [-0.1, -0.05) is 12.8 Å². The van der Waals surface area contributed by atoms with E-state index in [0.717, 1.165) is 24.6 Å². The third-order valence-corrected chi connectivity index (χ3v) is 2.38. The van der Waals surface area contributed by atoms with Gasteiger partial charge in [-0.05, 0) is 18.4 Å². The number of ether oxygens (including phenoxy) is 1. The standard InChI is InChI=1S/C10H15N3O/c11-7-9-3-4-10(13-12-9)14-6-5-8-1-2-8/h3-4,8H,1-2,5-7,11H2. The second kappa shape index (κ2) is 4.37. The fourth-order valence-corrected chi connectivity index (χ4v) is 1.27. The molecule has 0 aromatic carbocycles. The summed E-state index contributed by atoms with van der Waals surface area (Å²) in [5, 5.41) is 7.83. The molecule has 0 spiro atoms. The van der Waals surface area contributed by atoms with Crippen LogP contribution in [0.4, 0.5) is 0 Å². The van der Waals surface area contributed by atoms with Gasteiger partial charge in [0.1, 0.15) is 0 Å². The Bertz CT molecular complexity index is 282. The predicted octanol–water partition coefficient (Wildman–Crippen LogP) is 1.11. The maximum Gasteiger partial charge on any atom is 0.233 e. The van der Waals surface area contributed by atoms with Crippen LogP contribution in [0.3, 0.4) is 0 Å². The Morgan fingerprint density at radius 2 is 2.21 bits per heavy atom. The van der Waals surface area contributed by atoms with Gasteiger partial charge in [-0.15, -0.1) is 5.10 Å². The van der Waals surface area contributed by atoms with Crippen molar-refractivity contribution < 1.29 is 4.74 Å². The Kier molecular flexibility index (Phi) is 2.93. The van der Waals surface area contributed by atoms with Crippen molar-refractivity contribution in [1.29, 1.82) is 0 Å². The monoisotopic (exact) mass is 193 g/mol. The van der Waals surface area contributed by atoms with Crippen LogP contribution in [-0.4, -0.2) is 16.8 Å². The van der Waals surface area contributed by atoms with Crippen molar-refractivity contribution in [2.24, 2.45) is 11.7 Å². The van der Waals surface area contributed by atoms with Crippen LogP contribution >= 0.6 is 0 Å². The largest absolute Gasteiger partial charge is 0.477 e. The van der Waals surface area contributed by atoms with E-state index in [1.165, 1.54) is 12.8 Å². The highest BCUT2D eigenvalue weighted by atomic mass is 16.5. The maximum atomic E-state index is 5.44. The summed E-state index contributed by atoms with van der Waals surface area (Å²) in [5.74, 6) is 1.49. The smallest absolute Gasteiger partial charge is 0.233 e. The van der Waals surface area contributed by atoms with Crippen molar-refractivity contribution >= 4 is 0 Å². The highest BCUT2D eigenvalue weighted by Crippen LogP contribution is 2.32. The van der Waals surface area contributed by atoms with Crippen LogP contribution in [0.25, 0.3) is 0 Å². The molecule has 4 nitrogen and oxygen atoms in total. The van der Waals surface area contributed by atoms with E-state index in [9.17, 15) is 0 Å². The first-order valence-electron chi connectivity index (χ1n) is 5.04. The number of hydrogen-bond donors (Lipinski definition) is 1. The van der Waals surface area contributed by atoms with E-state index in [2.05, 4.69) is 10.2 Å². The molecule has 0 atom stereocenters. The SMILES string of the molecule is NCc1ccc(OCCC2CC2)nn1. The number of nitrogens with zero attached hydrogens (tertiary/aromatic N) is 2. The number of hydrogen-bond acceptors (Lipinski definition) is 4. The molecule has 0 bridgehead atoms. The molecule has 0 aliphatic heterocycles. The first-order valence-corrected chi connectivity index (χ1v) is 5.04. The highest BCUT2D eigenvalue weighted by molar-refractivity contribution is 5.11. The van der Waals surface area contributed by atoms with Crippen LogP contribution in [0.1, 0.15) is 25.0 Å². The number of aromatic nitrogens is 2. The average molecular weight is 193 g/mol. The third kappa shape index (κ3) is 2.67. The van der Waals surface area contributed by atoms with Gasteiger partial charge in [0.15, 0.2) is 0 Å². The molecular formula is C10H15N3O. The van der Waals surface area contributed by atoms with Gasteiger partial charge in [0.2, 0.25) is 5.88 Å². The van der Waals surface area contributed by atoms with E-state index >= 15 is 0 Å². The van der Waals surface area contributed by atoms with Crippen LogP contribution in [0.5, 0.6) is 5.88 Å². The Labute approximate surface area is 83.5 Å². The molecule has 1 fully saturated rings. The molecule has 4 heteroatoms. The van der Waals surface area contributed by atoms with Gasteiger partial charge in [0.05, 0.1) is 12.3 Å². The Morgan fingerprint density at radius 1 is 1.36 bits per heavy atom. The second-order valence-corrected chi connectivity index (χ2v) is 3.65. The topological polar surface area (TPSA) is 61.0 Å². The number of rotatable bonds is 5. The van der Waals surface area contributed by atoms with Crippen LogP contribution in [0.2, 0.25) is 0 Å². The summed E-state index contributed by atoms with van der Waals surface area (Å²) in [7, 11) is 0. The lowest BCUT2D eigenvalue weighted by Crippen LogP contribution is -2.04. The first kappa shape index (κ1) is 9.40. The Hall–Kier alpha value is -1.16. The third-order valence-electron chi connectivity index (χ3n) is 2.38. The van der Waals surface area contributed by atoms with E-state index in [0.29, 0.717) is 12.4 Å². The lowest BCUT2D eigenvalue weighted by molar-refractivity contribution is 0.287. The summed E-state index contributed by atoms with van der Waals surface area (Å²) >= 11 is 0. The molecule has 1 heterocycles. The fourth-order valence-electron chi connectivity index (χ4n) is 1.27. The Balaban J connectivity index is 1.77. The van der Waals surface area contributed by atoms with E-state index in [1.807, 2.05) is 12.1 Å². The van der Waals surface area contributed by atoms with Gasteiger partial charge in [0, 0.05) is 12.6 Å². The molecule has 1 aromatic rings. The molecule has 14 heavy (non-hydrogen) atoms. The quantitative estimate of drug-likeness (QED) is 0.761.